The minimum absolute atomic E-state index is 0.493. The first-order valence-electron chi connectivity index (χ1n) is 10.0. The summed E-state index contributed by atoms with van der Waals surface area (Å²) in [7, 11) is 0. The quantitative estimate of drug-likeness (QED) is 0.592. The van der Waals surface area contributed by atoms with E-state index in [1.165, 1.54) is 51.6 Å². The lowest BCUT2D eigenvalue weighted by atomic mass is 9.67. The Morgan fingerprint density at radius 3 is 2.33 bits per heavy atom. The molecule has 2 aliphatic rings. The maximum atomic E-state index is 6.07. The molecule has 0 radical (unpaired) electrons. The molecular formula is C21H38N2O. The monoisotopic (exact) mass is 334 g/mol. The van der Waals surface area contributed by atoms with Gasteiger partial charge >= 0.3 is 0 Å². The Bertz CT molecular complexity index is 403. The van der Waals surface area contributed by atoms with E-state index in [9.17, 15) is 0 Å². The van der Waals surface area contributed by atoms with Gasteiger partial charge in [0.1, 0.15) is 0 Å². The maximum Gasteiger partial charge on any atom is 0.0601 e. The molecule has 1 saturated heterocycles. The summed E-state index contributed by atoms with van der Waals surface area (Å²) in [4.78, 5) is 2.54. The zero-order valence-corrected chi connectivity index (χ0v) is 16.4. The number of piperidine rings is 1. The van der Waals surface area contributed by atoms with Crippen LogP contribution < -0.4 is 5.32 Å². The van der Waals surface area contributed by atoms with Crippen molar-refractivity contribution in [1.29, 1.82) is 0 Å². The van der Waals surface area contributed by atoms with Crippen molar-refractivity contribution in [2.45, 2.75) is 78.4 Å². The lowest BCUT2D eigenvalue weighted by molar-refractivity contribution is -0.0211. The molecule has 0 amide bonds. The van der Waals surface area contributed by atoms with Gasteiger partial charge in [-0.1, -0.05) is 39.5 Å². The molecule has 3 nitrogen and oxygen atoms in total. The Kier molecular flexibility index (Phi) is 8.07. The molecule has 1 saturated carbocycles. The molecule has 3 heteroatoms. The average molecular weight is 335 g/mol. The van der Waals surface area contributed by atoms with Crippen LogP contribution in [0.25, 0.3) is 0 Å². The summed E-state index contributed by atoms with van der Waals surface area (Å²) in [5, 5.41) is 3.43. The number of nitrogens with one attached hydrogen (secondary N) is 1. The van der Waals surface area contributed by atoms with Crippen LogP contribution in [-0.4, -0.2) is 49.8 Å². The van der Waals surface area contributed by atoms with Gasteiger partial charge in [0, 0.05) is 18.5 Å². The molecule has 0 unspecified atom stereocenters. The summed E-state index contributed by atoms with van der Waals surface area (Å²) < 4.78 is 6.07. The van der Waals surface area contributed by atoms with Gasteiger partial charge < -0.3 is 10.1 Å². The van der Waals surface area contributed by atoms with Crippen molar-refractivity contribution in [2.75, 3.05) is 32.8 Å². The normalized spacial score (nSPS) is 22.1. The first-order valence-corrected chi connectivity index (χ1v) is 10.0. The molecule has 1 aliphatic heterocycles. The van der Waals surface area contributed by atoms with Gasteiger partial charge in [-0.15, -0.1) is 0 Å². The van der Waals surface area contributed by atoms with Crippen LogP contribution >= 0.6 is 0 Å². The SMILES string of the molecule is CC(C)C#CCN1CCC2(CCC(OCCNC(C)C)CC2)CC1. The lowest BCUT2D eigenvalue weighted by Crippen LogP contribution is -2.43. The molecule has 0 bridgehead atoms. The molecule has 2 rings (SSSR count). The number of rotatable bonds is 6. The van der Waals surface area contributed by atoms with Gasteiger partial charge in [0.2, 0.25) is 0 Å². The fraction of sp³-hybridized carbons (Fsp3) is 0.905. The van der Waals surface area contributed by atoms with E-state index in [1.54, 1.807) is 0 Å². The van der Waals surface area contributed by atoms with Crippen LogP contribution in [0, 0.1) is 23.2 Å². The number of nitrogens with zero attached hydrogens (tertiary/aromatic N) is 1. The second-order valence-corrected chi connectivity index (χ2v) is 8.43. The highest BCUT2D eigenvalue weighted by Gasteiger charge is 2.38. The summed E-state index contributed by atoms with van der Waals surface area (Å²) in [5.74, 6) is 7.12. The molecule has 0 aromatic heterocycles. The van der Waals surface area contributed by atoms with Gasteiger partial charge in [-0.2, -0.15) is 0 Å². The predicted molar refractivity (Wildman–Crippen MR) is 102 cm³/mol. The molecule has 0 atom stereocenters. The molecule has 1 N–H and O–H groups in total. The number of hydrogen-bond acceptors (Lipinski definition) is 3. The van der Waals surface area contributed by atoms with Gasteiger partial charge in [0.25, 0.3) is 0 Å². The third-order valence-electron chi connectivity index (χ3n) is 5.61. The second-order valence-electron chi connectivity index (χ2n) is 8.43. The van der Waals surface area contributed by atoms with Crippen molar-refractivity contribution < 1.29 is 4.74 Å². The van der Waals surface area contributed by atoms with E-state index in [0.29, 0.717) is 23.5 Å². The van der Waals surface area contributed by atoms with Crippen LogP contribution in [0.15, 0.2) is 0 Å². The molecule has 138 valence electrons. The van der Waals surface area contributed by atoms with Crippen LogP contribution in [-0.2, 0) is 4.74 Å². The van der Waals surface area contributed by atoms with E-state index in [2.05, 4.69) is 49.8 Å². The molecule has 2 fully saturated rings. The maximum absolute atomic E-state index is 6.07. The second kappa shape index (κ2) is 9.80. The first kappa shape index (κ1) is 19.8. The first-order chi connectivity index (χ1) is 11.5. The molecule has 24 heavy (non-hydrogen) atoms. The van der Waals surface area contributed by atoms with Crippen molar-refractivity contribution in [1.82, 2.24) is 10.2 Å². The van der Waals surface area contributed by atoms with Crippen molar-refractivity contribution in [3.05, 3.63) is 0 Å². The van der Waals surface area contributed by atoms with E-state index < -0.39 is 0 Å². The Hall–Kier alpha value is -0.560. The van der Waals surface area contributed by atoms with E-state index in [0.717, 1.165) is 19.7 Å². The van der Waals surface area contributed by atoms with Crippen LogP contribution in [0.1, 0.15) is 66.2 Å². The van der Waals surface area contributed by atoms with Crippen LogP contribution in [0.5, 0.6) is 0 Å². The third-order valence-corrected chi connectivity index (χ3v) is 5.61. The average Bonchev–Trinajstić information content (AvgIpc) is 2.55. The summed E-state index contributed by atoms with van der Waals surface area (Å²) in [6, 6.07) is 0.554. The Morgan fingerprint density at radius 1 is 1.08 bits per heavy atom. The molecule has 1 spiro atoms. The molecule has 0 aromatic rings. The fourth-order valence-electron chi connectivity index (χ4n) is 3.99. The van der Waals surface area contributed by atoms with Gasteiger partial charge in [0.05, 0.1) is 19.3 Å². The highest BCUT2D eigenvalue weighted by atomic mass is 16.5. The largest absolute Gasteiger partial charge is 0.377 e. The van der Waals surface area contributed by atoms with Crippen molar-refractivity contribution in [2.24, 2.45) is 11.3 Å². The van der Waals surface area contributed by atoms with Crippen LogP contribution in [0.2, 0.25) is 0 Å². The molecule has 1 aliphatic carbocycles. The summed E-state index contributed by atoms with van der Waals surface area (Å²) in [6.07, 6.45) is 8.46. The van der Waals surface area contributed by atoms with E-state index >= 15 is 0 Å². The summed E-state index contributed by atoms with van der Waals surface area (Å²) in [5.41, 5.74) is 0.609. The lowest BCUT2D eigenvalue weighted by Gasteiger charge is -2.45. The minimum Gasteiger partial charge on any atom is -0.377 e. The summed E-state index contributed by atoms with van der Waals surface area (Å²) in [6.45, 7) is 14.0. The number of hydrogen-bond donors (Lipinski definition) is 1. The Balaban J connectivity index is 1.63. The van der Waals surface area contributed by atoms with E-state index in [4.69, 9.17) is 4.74 Å². The summed E-state index contributed by atoms with van der Waals surface area (Å²) >= 11 is 0. The zero-order valence-electron chi connectivity index (χ0n) is 16.4. The third kappa shape index (κ3) is 6.75. The molecule has 0 aromatic carbocycles. The highest BCUT2D eigenvalue weighted by molar-refractivity contribution is 5.04. The van der Waals surface area contributed by atoms with Crippen LogP contribution in [0.3, 0.4) is 0 Å². The standard InChI is InChI=1S/C21H38N2O/c1-18(2)6-5-14-23-15-11-21(12-16-23)9-7-20(8-10-21)24-17-13-22-19(3)4/h18-20,22H,7-17H2,1-4H3. The van der Waals surface area contributed by atoms with Crippen molar-refractivity contribution in [3.63, 3.8) is 0 Å². The van der Waals surface area contributed by atoms with Crippen LogP contribution in [0.4, 0.5) is 0 Å². The predicted octanol–water partition coefficient (Wildman–Crippen LogP) is 3.69. The fourth-order valence-corrected chi connectivity index (χ4v) is 3.99. The topological polar surface area (TPSA) is 24.5 Å². The minimum atomic E-state index is 0.493. The Morgan fingerprint density at radius 2 is 1.75 bits per heavy atom. The van der Waals surface area contributed by atoms with E-state index in [-0.39, 0.29) is 0 Å². The van der Waals surface area contributed by atoms with Gasteiger partial charge in [-0.25, -0.2) is 0 Å². The van der Waals surface area contributed by atoms with Gasteiger partial charge in [-0.05, 0) is 57.0 Å². The van der Waals surface area contributed by atoms with Gasteiger partial charge in [-0.3, -0.25) is 4.90 Å². The smallest absolute Gasteiger partial charge is 0.0601 e. The Labute approximate surface area is 149 Å². The number of ether oxygens (including phenoxy) is 1. The van der Waals surface area contributed by atoms with Gasteiger partial charge in [0.15, 0.2) is 0 Å². The highest BCUT2D eigenvalue weighted by Crippen LogP contribution is 2.45. The van der Waals surface area contributed by atoms with Crippen molar-refractivity contribution >= 4 is 0 Å². The molecule has 1 heterocycles. The van der Waals surface area contributed by atoms with Crippen molar-refractivity contribution in [3.8, 4) is 11.8 Å². The number of likely N-dealkylation sites (tertiary alicyclic amines) is 1. The van der Waals surface area contributed by atoms with E-state index in [1.807, 2.05) is 0 Å². The zero-order chi connectivity index (χ0) is 17.4. The molecular weight excluding hydrogens is 296 g/mol.